The molecule has 0 aromatic rings. The summed E-state index contributed by atoms with van der Waals surface area (Å²) in [6.07, 6.45) is 6.60. The summed E-state index contributed by atoms with van der Waals surface area (Å²) in [4.78, 5) is 11.4. The van der Waals surface area contributed by atoms with Crippen LogP contribution < -0.4 is 4.89 Å². The second kappa shape index (κ2) is 7.34. The number of hydrogen-bond acceptors (Lipinski definition) is 4. The van der Waals surface area contributed by atoms with E-state index in [1.54, 1.807) is 0 Å². The van der Waals surface area contributed by atoms with Gasteiger partial charge in [0.25, 0.3) is 0 Å². The third-order valence-electron chi connectivity index (χ3n) is 3.74. The Morgan fingerprint density at radius 2 is 2.00 bits per heavy atom. The average Bonchev–Trinajstić information content (AvgIpc) is 2.17. The van der Waals surface area contributed by atoms with E-state index < -0.39 is 5.69 Å². The molecule has 1 aliphatic rings. The summed E-state index contributed by atoms with van der Waals surface area (Å²) in [5.41, 5.74) is -3.02. The van der Waals surface area contributed by atoms with Crippen LogP contribution in [0.3, 0.4) is 0 Å². The summed E-state index contributed by atoms with van der Waals surface area (Å²) >= 11 is 9.42. The van der Waals surface area contributed by atoms with Crippen LogP contribution >= 0.6 is 5.69 Å². The molecular formula is C10H21O2PS2Sn. The zero-order valence-corrected chi connectivity index (χ0v) is 16.7. The molecule has 0 amide bonds. The minimum atomic E-state index is -3.17. The first kappa shape index (κ1) is 17.7. The van der Waals surface area contributed by atoms with E-state index in [1.165, 1.54) is 6.42 Å². The van der Waals surface area contributed by atoms with Crippen molar-refractivity contribution >= 4 is 53.7 Å². The molecule has 94 valence electrons. The molecule has 6 heteroatoms. The molecular weight excluding hydrogens is 366 g/mol. The zero-order chi connectivity index (χ0) is 11.5. The Morgan fingerprint density at radius 1 is 1.44 bits per heavy atom. The summed E-state index contributed by atoms with van der Waals surface area (Å²) < 4.78 is 5.46. The van der Waals surface area contributed by atoms with Gasteiger partial charge in [0.1, 0.15) is 0 Å². The first-order valence-corrected chi connectivity index (χ1v) is 9.29. The molecule has 16 heavy (non-hydrogen) atoms. The summed E-state index contributed by atoms with van der Waals surface area (Å²) in [7, 11) is 0. The van der Waals surface area contributed by atoms with Crippen LogP contribution in [0, 0.1) is 5.41 Å². The van der Waals surface area contributed by atoms with Gasteiger partial charge in [0, 0.05) is 0 Å². The van der Waals surface area contributed by atoms with E-state index in [-0.39, 0.29) is 35.4 Å². The fourth-order valence-electron chi connectivity index (χ4n) is 2.65. The van der Waals surface area contributed by atoms with Gasteiger partial charge in [-0.3, -0.25) is 0 Å². The van der Waals surface area contributed by atoms with E-state index in [1.807, 2.05) is 0 Å². The first-order chi connectivity index (χ1) is 6.93. The molecule has 2 atom stereocenters. The Balaban J connectivity index is 0.00000225. The predicted octanol–water partition coefficient (Wildman–Crippen LogP) is 1.97. The summed E-state index contributed by atoms with van der Waals surface area (Å²) in [5, 5.41) is 0. The fraction of sp³-hybridized carbons (Fsp3) is 1.00. The van der Waals surface area contributed by atoms with Gasteiger partial charge in [0.2, 0.25) is 0 Å². The van der Waals surface area contributed by atoms with Crippen LogP contribution in [0.4, 0.5) is 0 Å². The third-order valence-corrected chi connectivity index (χ3v) is 4.77. The molecule has 1 saturated carbocycles. The van der Waals surface area contributed by atoms with Crippen molar-refractivity contribution in [1.29, 1.82) is 0 Å². The standard InChI is InChI=1S/C10H21O2PS2.Sn.2H/c1-3-10(4-2)8-6-5-7-9(10)12-13(11,14)15;;;/h9H,3-8H2,1-2H3,(H2,11,14,15);;;/q;+2;;/p-2. The maximum atomic E-state index is 11.4. The molecule has 2 unspecified atom stereocenters. The number of rotatable bonds is 4. The predicted molar refractivity (Wildman–Crippen MR) is 76.6 cm³/mol. The SMILES string of the molecule is CCC1(CC)CCCCC1OP([O-])(=S)[S-].[SnH2+2]. The van der Waals surface area contributed by atoms with Crippen molar-refractivity contribution in [1.82, 2.24) is 0 Å². The molecule has 0 aliphatic heterocycles. The van der Waals surface area contributed by atoms with Gasteiger partial charge in [-0.25, -0.2) is 0 Å². The second-order valence-corrected chi connectivity index (χ2v) is 9.04. The summed E-state index contributed by atoms with van der Waals surface area (Å²) in [5.74, 6) is 0. The van der Waals surface area contributed by atoms with Crippen LogP contribution in [0.15, 0.2) is 0 Å². The quantitative estimate of drug-likeness (QED) is 0.420. The third kappa shape index (κ3) is 4.77. The van der Waals surface area contributed by atoms with Crippen LogP contribution in [0.2, 0.25) is 0 Å². The zero-order valence-electron chi connectivity index (χ0n) is 10.1. The minimum absolute atomic E-state index is 0. The van der Waals surface area contributed by atoms with Crippen LogP contribution in [-0.2, 0) is 28.6 Å². The topological polar surface area (TPSA) is 32.3 Å². The Bertz CT molecular complexity index is 253. The molecule has 0 heterocycles. The Hall–Kier alpha value is 1.72. The molecule has 0 spiro atoms. The van der Waals surface area contributed by atoms with Gasteiger partial charge in [-0.2, -0.15) is 0 Å². The molecule has 0 radical (unpaired) electrons. The summed E-state index contributed by atoms with van der Waals surface area (Å²) in [6.45, 7) is 4.34. The van der Waals surface area contributed by atoms with Gasteiger partial charge in [-0.1, -0.05) is 26.7 Å². The number of hydrogen-bond donors (Lipinski definition) is 0. The van der Waals surface area contributed by atoms with Gasteiger partial charge >= 0.3 is 23.9 Å². The van der Waals surface area contributed by atoms with Crippen molar-refractivity contribution < 1.29 is 9.42 Å². The van der Waals surface area contributed by atoms with Gasteiger partial charge in [0.15, 0.2) is 0 Å². The van der Waals surface area contributed by atoms with Crippen molar-refractivity contribution in [2.75, 3.05) is 0 Å². The molecule has 0 saturated heterocycles. The Morgan fingerprint density at radius 3 is 2.44 bits per heavy atom. The van der Waals surface area contributed by atoms with E-state index in [2.05, 4.69) is 13.8 Å². The normalized spacial score (nSPS) is 27.9. The van der Waals surface area contributed by atoms with Crippen molar-refractivity contribution in [2.24, 2.45) is 5.41 Å². The van der Waals surface area contributed by atoms with Crippen LogP contribution in [-0.4, -0.2) is 30.0 Å². The molecule has 0 bridgehead atoms. The second-order valence-electron chi connectivity index (χ2n) is 4.36. The Labute approximate surface area is 126 Å². The molecule has 1 fully saturated rings. The molecule has 2 nitrogen and oxygen atoms in total. The molecule has 0 aromatic carbocycles. The Kier molecular flexibility index (Phi) is 8.13. The molecule has 1 rings (SSSR count). The first-order valence-electron chi connectivity index (χ1n) is 5.64. The van der Waals surface area contributed by atoms with Crippen molar-refractivity contribution in [3.8, 4) is 0 Å². The molecule has 0 N–H and O–H groups in total. The van der Waals surface area contributed by atoms with Gasteiger partial charge < -0.3 is 21.7 Å². The van der Waals surface area contributed by atoms with Crippen LogP contribution in [0.25, 0.3) is 0 Å². The average molecular weight is 387 g/mol. The van der Waals surface area contributed by atoms with Crippen LogP contribution in [0.1, 0.15) is 52.4 Å². The summed E-state index contributed by atoms with van der Waals surface area (Å²) in [6, 6.07) is 0. The van der Waals surface area contributed by atoms with E-state index in [0.29, 0.717) is 0 Å². The van der Waals surface area contributed by atoms with E-state index in [4.69, 9.17) is 28.6 Å². The van der Waals surface area contributed by atoms with E-state index in [9.17, 15) is 4.89 Å². The molecule has 0 aromatic heterocycles. The van der Waals surface area contributed by atoms with E-state index >= 15 is 0 Å². The maximum absolute atomic E-state index is 11.4. The van der Waals surface area contributed by atoms with Gasteiger partial charge in [0.05, 0.1) is 6.10 Å². The van der Waals surface area contributed by atoms with Gasteiger partial charge in [-0.15, -0.1) is 17.5 Å². The van der Waals surface area contributed by atoms with Crippen molar-refractivity contribution in [2.45, 2.75) is 58.5 Å². The van der Waals surface area contributed by atoms with E-state index in [0.717, 1.165) is 32.1 Å². The van der Waals surface area contributed by atoms with Crippen LogP contribution in [0.5, 0.6) is 0 Å². The fourth-order valence-corrected chi connectivity index (χ4v) is 3.92. The molecule has 1 aliphatic carbocycles. The van der Waals surface area contributed by atoms with Crippen molar-refractivity contribution in [3.63, 3.8) is 0 Å². The van der Waals surface area contributed by atoms with Crippen molar-refractivity contribution in [3.05, 3.63) is 0 Å². The van der Waals surface area contributed by atoms with Gasteiger partial charge in [-0.05, 0) is 31.1 Å². The monoisotopic (exact) mass is 388 g/mol.